The molecule has 9 nitrogen and oxygen atoms in total. The number of ether oxygens (including phenoxy) is 3. The maximum absolute atomic E-state index is 12.6. The van der Waals surface area contributed by atoms with E-state index in [1.165, 1.54) is 18.3 Å². The molecule has 0 bridgehead atoms. The number of esters is 1. The van der Waals surface area contributed by atoms with Gasteiger partial charge in [0, 0.05) is 23.3 Å². The van der Waals surface area contributed by atoms with Crippen LogP contribution in [-0.4, -0.2) is 27.5 Å². The second-order valence-electron chi connectivity index (χ2n) is 6.43. The lowest BCUT2D eigenvalue weighted by Crippen LogP contribution is -2.15. The van der Waals surface area contributed by atoms with Crippen LogP contribution in [0, 0.1) is 17.0 Å². The van der Waals surface area contributed by atoms with E-state index >= 15 is 0 Å². The van der Waals surface area contributed by atoms with E-state index in [9.17, 15) is 14.9 Å². The zero-order valence-corrected chi connectivity index (χ0v) is 15.5. The largest absolute Gasteiger partial charge is 0.467 e. The van der Waals surface area contributed by atoms with Crippen molar-refractivity contribution in [3.05, 3.63) is 81.2 Å². The number of hydrogen-bond donors (Lipinski definition) is 0. The highest BCUT2D eigenvalue weighted by molar-refractivity contribution is 5.90. The van der Waals surface area contributed by atoms with Crippen molar-refractivity contribution in [2.75, 3.05) is 6.79 Å². The Kier molecular flexibility index (Phi) is 4.96. The zero-order chi connectivity index (χ0) is 20.4. The van der Waals surface area contributed by atoms with Crippen LogP contribution in [0.15, 0.2) is 48.7 Å². The van der Waals surface area contributed by atoms with Gasteiger partial charge in [-0.3, -0.25) is 10.1 Å². The second-order valence-corrected chi connectivity index (χ2v) is 6.43. The van der Waals surface area contributed by atoms with Gasteiger partial charge in [-0.15, -0.1) is 0 Å². The van der Waals surface area contributed by atoms with E-state index < -0.39 is 10.9 Å². The SMILES string of the molecule is Cc1c(C(=O)OCc2cc([N+](=O)[O-])cc3c2OCOC3)cnn1-c1ccccc1. The molecule has 0 aliphatic carbocycles. The topological polar surface area (TPSA) is 106 Å². The summed E-state index contributed by atoms with van der Waals surface area (Å²) in [6.07, 6.45) is 1.44. The lowest BCUT2D eigenvalue weighted by Gasteiger charge is -2.20. The zero-order valence-electron chi connectivity index (χ0n) is 15.5. The van der Waals surface area contributed by atoms with Crippen LogP contribution < -0.4 is 4.74 Å². The van der Waals surface area contributed by atoms with E-state index in [-0.39, 0.29) is 25.7 Å². The third-order valence-corrected chi connectivity index (χ3v) is 4.57. The molecule has 2 aromatic carbocycles. The highest BCUT2D eigenvalue weighted by atomic mass is 16.7. The molecule has 0 saturated carbocycles. The minimum atomic E-state index is -0.572. The van der Waals surface area contributed by atoms with Gasteiger partial charge in [0.05, 0.1) is 29.1 Å². The molecule has 1 aliphatic rings. The van der Waals surface area contributed by atoms with Crippen LogP contribution in [0.1, 0.15) is 27.2 Å². The van der Waals surface area contributed by atoms with E-state index in [4.69, 9.17) is 14.2 Å². The molecule has 3 aromatic rings. The minimum Gasteiger partial charge on any atom is -0.467 e. The van der Waals surface area contributed by atoms with Gasteiger partial charge in [0.1, 0.15) is 17.9 Å². The van der Waals surface area contributed by atoms with Crippen LogP contribution in [-0.2, 0) is 22.7 Å². The Hall–Kier alpha value is -3.72. The maximum atomic E-state index is 12.6. The van der Waals surface area contributed by atoms with Crippen molar-refractivity contribution in [2.24, 2.45) is 0 Å². The van der Waals surface area contributed by atoms with Crippen molar-refractivity contribution in [1.82, 2.24) is 9.78 Å². The Morgan fingerprint density at radius 3 is 2.86 bits per heavy atom. The maximum Gasteiger partial charge on any atom is 0.341 e. The number of non-ortho nitro benzene ring substituents is 1. The highest BCUT2D eigenvalue weighted by Crippen LogP contribution is 2.33. The van der Waals surface area contributed by atoms with Gasteiger partial charge in [-0.25, -0.2) is 9.48 Å². The Bertz CT molecular complexity index is 1080. The first-order valence-electron chi connectivity index (χ1n) is 8.82. The van der Waals surface area contributed by atoms with Crippen molar-refractivity contribution in [1.29, 1.82) is 0 Å². The molecule has 1 aliphatic heterocycles. The van der Waals surface area contributed by atoms with E-state index in [0.717, 1.165) is 5.69 Å². The molecular formula is C20H17N3O6. The van der Waals surface area contributed by atoms with Crippen LogP contribution in [0.25, 0.3) is 5.69 Å². The van der Waals surface area contributed by atoms with Crippen LogP contribution >= 0.6 is 0 Å². The van der Waals surface area contributed by atoms with Crippen LogP contribution in [0.5, 0.6) is 5.75 Å². The number of para-hydroxylation sites is 1. The molecule has 0 unspecified atom stereocenters. The highest BCUT2D eigenvalue weighted by Gasteiger charge is 2.23. The summed E-state index contributed by atoms with van der Waals surface area (Å²) in [5.74, 6) is -0.122. The van der Waals surface area contributed by atoms with Gasteiger partial charge in [-0.05, 0) is 19.1 Å². The Balaban J connectivity index is 1.56. The molecule has 0 amide bonds. The van der Waals surface area contributed by atoms with E-state index in [2.05, 4.69) is 5.10 Å². The molecule has 148 valence electrons. The molecule has 0 spiro atoms. The van der Waals surface area contributed by atoms with Crippen molar-refractivity contribution < 1.29 is 23.9 Å². The van der Waals surface area contributed by atoms with Gasteiger partial charge in [0.25, 0.3) is 5.69 Å². The fourth-order valence-corrected chi connectivity index (χ4v) is 3.15. The first-order valence-corrected chi connectivity index (χ1v) is 8.82. The average Bonchev–Trinajstić information content (AvgIpc) is 3.13. The van der Waals surface area contributed by atoms with Crippen molar-refractivity contribution in [3.8, 4) is 11.4 Å². The second kappa shape index (κ2) is 7.72. The monoisotopic (exact) mass is 395 g/mol. The number of nitrogens with zero attached hydrogens (tertiary/aromatic N) is 3. The molecule has 0 saturated heterocycles. The standard InChI is InChI=1S/C20H17N3O6/c1-13-18(9-21-22(13)16-5-3-2-4-6-16)20(24)28-11-15-8-17(23(25)26)7-14-10-27-12-29-19(14)15/h2-9H,10-12H2,1H3. The molecule has 29 heavy (non-hydrogen) atoms. The third-order valence-electron chi connectivity index (χ3n) is 4.57. The molecular weight excluding hydrogens is 378 g/mol. The normalized spacial score (nSPS) is 12.7. The Morgan fingerprint density at radius 1 is 1.31 bits per heavy atom. The van der Waals surface area contributed by atoms with E-state index in [1.807, 2.05) is 30.3 Å². The third kappa shape index (κ3) is 3.67. The minimum absolute atomic E-state index is 0.0364. The van der Waals surface area contributed by atoms with Crippen LogP contribution in [0.3, 0.4) is 0 Å². The van der Waals surface area contributed by atoms with Crippen LogP contribution in [0.2, 0.25) is 0 Å². The molecule has 4 rings (SSSR count). The summed E-state index contributed by atoms with van der Waals surface area (Å²) < 4.78 is 17.7. The predicted molar refractivity (Wildman–Crippen MR) is 101 cm³/mol. The molecule has 1 aromatic heterocycles. The summed E-state index contributed by atoms with van der Waals surface area (Å²) in [4.78, 5) is 23.3. The number of benzene rings is 2. The summed E-state index contributed by atoms with van der Waals surface area (Å²) in [6, 6.07) is 12.1. The van der Waals surface area contributed by atoms with Gasteiger partial charge in [-0.1, -0.05) is 18.2 Å². The quantitative estimate of drug-likeness (QED) is 0.371. The van der Waals surface area contributed by atoms with Crippen LogP contribution in [0.4, 0.5) is 5.69 Å². The molecule has 0 atom stereocenters. The molecule has 0 fully saturated rings. The molecule has 0 radical (unpaired) electrons. The fourth-order valence-electron chi connectivity index (χ4n) is 3.15. The summed E-state index contributed by atoms with van der Waals surface area (Å²) in [5.41, 5.74) is 2.62. The Labute approximate surface area is 165 Å². The predicted octanol–water partition coefficient (Wildman–Crippen LogP) is 3.31. The number of nitro benzene ring substituents is 1. The summed E-state index contributed by atoms with van der Waals surface area (Å²) >= 11 is 0. The van der Waals surface area contributed by atoms with Crippen molar-refractivity contribution in [3.63, 3.8) is 0 Å². The number of carbonyl (C=O) groups is 1. The lowest BCUT2D eigenvalue weighted by atomic mass is 10.1. The summed E-state index contributed by atoms with van der Waals surface area (Å²) in [5, 5.41) is 15.4. The smallest absolute Gasteiger partial charge is 0.341 e. The molecule has 9 heteroatoms. The first kappa shape index (κ1) is 18.6. The van der Waals surface area contributed by atoms with E-state index in [1.54, 1.807) is 11.6 Å². The first-order chi connectivity index (χ1) is 14.0. The van der Waals surface area contributed by atoms with Gasteiger partial charge < -0.3 is 14.2 Å². The molecule has 2 heterocycles. The summed E-state index contributed by atoms with van der Waals surface area (Å²) in [6.45, 7) is 1.83. The van der Waals surface area contributed by atoms with Gasteiger partial charge >= 0.3 is 5.97 Å². The Morgan fingerprint density at radius 2 is 2.10 bits per heavy atom. The number of fused-ring (bicyclic) bond motifs is 1. The summed E-state index contributed by atoms with van der Waals surface area (Å²) in [7, 11) is 0. The van der Waals surface area contributed by atoms with Gasteiger partial charge in [0.2, 0.25) is 0 Å². The number of hydrogen-bond acceptors (Lipinski definition) is 7. The lowest BCUT2D eigenvalue weighted by molar-refractivity contribution is -0.385. The fraction of sp³-hybridized carbons (Fsp3) is 0.200. The van der Waals surface area contributed by atoms with Crippen molar-refractivity contribution >= 4 is 11.7 Å². The number of nitro groups is 1. The van der Waals surface area contributed by atoms with Gasteiger partial charge in [0.15, 0.2) is 6.79 Å². The number of rotatable bonds is 5. The average molecular weight is 395 g/mol. The number of carbonyl (C=O) groups excluding carboxylic acids is 1. The van der Waals surface area contributed by atoms with Gasteiger partial charge in [-0.2, -0.15) is 5.10 Å². The van der Waals surface area contributed by atoms with E-state index in [0.29, 0.717) is 28.1 Å². The molecule has 0 N–H and O–H groups in total. The number of aromatic nitrogens is 2. The van der Waals surface area contributed by atoms with Crippen molar-refractivity contribution in [2.45, 2.75) is 20.1 Å².